The van der Waals surface area contributed by atoms with Crippen LogP contribution in [0, 0.1) is 20.8 Å². The van der Waals surface area contributed by atoms with Gasteiger partial charge >= 0.3 is 0 Å². The summed E-state index contributed by atoms with van der Waals surface area (Å²) < 4.78 is 0. The Kier molecular flexibility index (Phi) is 5.38. The number of carbonyl (C=O) groups excluding carboxylic acids is 1. The average Bonchev–Trinajstić information content (AvgIpc) is 2.54. The molecule has 4 heteroatoms. The lowest BCUT2D eigenvalue weighted by Gasteiger charge is -2.39. The number of hydrogen-bond donors (Lipinski definition) is 0. The zero-order chi connectivity index (χ0) is 18.1. The maximum absolute atomic E-state index is 12.7. The molecule has 3 nitrogen and oxygen atoms in total. The van der Waals surface area contributed by atoms with Crippen LogP contribution >= 0.6 is 11.8 Å². The van der Waals surface area contributed by atoms with E-state index < -0.39 is 0 Å². The van der Waals surface area contributed by atoms with Gasteiger partial charge in [0.05, 0.1) is 11.3 Å². The molecule has 3 rings (SSSR count). The van der Waals surface area contributed by atoms with E-state index in [-0.39, 0.29) is 5.91 Å². The summed E-state index contributed by atoms with van der Waals surface area (Å²) in [5.74, 6) is 0.713. The number of rotatable bonds is 3. The summed E-state index contributed by atoms with van der Waals surface area (Å²) in [6.07, 6.45) is 3.46. The maximum Gasteiger partial charge on any atom is 0.233 e. The molecule has 0 bridgehead atoms. The third-order valence-corrected chi connectivity index (χ3v) is 6.47. The van der Waals surface area contributed by atoms with Crippen molar-refractivity contribution in [3.05, 3.63) is 34.9 Å². The summed E-state index contributed by atoms with van der Waals surface area (Å²) in [5, 5.41) is 2.15. The molecule has 1 amide bonds. The lowest BCUT2D eigenvalue weighted by atomic mass is 9.98. The minimum atomic E-state index is 0.242. The number of pyridine rings is 1. The first-order valence-corrected chi connectivity index (χ1v) is 10.2. The Balaban J connectivity index is 1.77. The molecule has 2 heterocycles. The van der Waals surface area contributed by atoms with Gasteiger partial charge in [-0.25, -0.2) is 4.98 Å². The minimum Gasteiger partial charge on any atom is -0.337 e. The molecule has 2 atom stereocenters. The molecule has 0 N–H and O–H groups in total. The van der Waals surface area contributed by atoms with Crippen molar-refractivity contribution in [3.63, 3.8) is 0 Å². The Morgan fingerprint density at radius 3 is 2.36 bits per heavy atom. The summed E-state index contributed by atoms with van der Waals surface area (Å²) in [6, 6.07) is 7.24. The second-order valence-corrected chi connectivity index (χ2v) is 8.42. The van der Waals surface area contributed by atoms with Gasteiger partial charge < -0.3 is 4.90 Å². The Hall–Kier alpha value is -1.55. The van der Waals surface area contributed by atoms with E-state index in [1.54, 1.807) is 11.8 Å². The van der Waals surface area contributed by atoms with Crippen molar-refractivity contribution in [2.24, 2.45) is 0 Å². The highest BCUT2D eigenvalue weighted by Gasteiger charge is 2.28. The minimum absolute atomic E-state index is 0.242. The van der Waals surface area contributed by atoms with Gasteiger partial charge in [0.2, 0.25) is 5.91 Å². The van der Waals surface area contributed by atoms with Crippen molar-refractivity contribution in [1.29, 1.82) is 0 Å². The highest BCUT2D eigenvalue weighted by molar-refractivity contribution is 7.99. The standard InChI is InChI=1S/C21H28N2OS/c1-13-9-18-10-15(3)21(22-19(18)11-14(13)2)25-12-20(24)23-16(4)7-6-8-17(23)5/h9-11,16-17H,6-8,12H2,1-5H3/t16-,17-/m0/s1. The zero-order valence-electron chi connectivity index (χ0n) is 15.9. The van der Waals surface area contributed by atoms with Crippen LogP contribution in [-0.2, 0) is 4.79 Å². The molecule has 1 saturated heterocycles. The highest BCUT2D eigenvalue weighted by atomic mass is 32.2. The fourth-order valence-corrected chi connectivity index (χ4v) is 4.65. The number of benzene rings is 1. The SMILES string of the molecule is Cc1cc2cc(C)c(SCC(=O)N3[C@@H](C)CCC[C@@H]3C)nc2cc1C. The number of nitrogens with zero attached hydrogens (tertiary/aromatic N) is 2. The molecular weight excluding hydrogens is 328 g/mol. The molecule has 0 spiro atoms. The monoisotopic (exact) mass is 356 g/mol. The molecule has 2 aromatic rings. The van der Waals surface area contributed by atoms with Gasteiger partial charge in [0.1, 0.15) is 5.03 Å². The Bertz CT molecular complexity index is 792. The Morgan fingerprint density at radius 1 is 1.08 bits per heavy atom. The zero-order valence-corrected chi connectivity index (χ0v) is 16.7. The van der Waals surface area contributed by atoms with Crippen LogP contribution in [0.5, 0.6) is 0 Å². The first-order chi connectivity index (χ1) is 11.9. The van der Waals surface area contributed by atoms with E-state index in [0.29, 0.717) is 17.8 Å². The van der Waals surface area contributed by atoms with Gasteiger partial charge in [0.15, 0.2) is 0 Å². The van der Waals surface area contributed by atoms with E-state index in [1.165, 1.54) is 22.9 Å². The summed E-state index contributed by atoms with van der Waals surface area (Å²) >= 11 is 1.58. The quantitative estimate of drug-likeness (QED) is 0.722. The molecule has 0 aliphatic carbocycles. The molecule has 1 aromatic carbocycles. The van der Waals surface area contributed by atoms with Crippen LogP contribution < -0.4 is 0 Å². The van der Waals surface area contributed by atoms with Crippen molar-refractivity contribution in [3.8, 4) is 0 Å². The van der Waals surface area contributed by atoms with Gasteiger partial charge in [0.25, 0.3) is 0 Å². The van der Waals surface area contributed by atoms with Crippen LogP contribution in [0.4, 0.5) is 0 Å². The van der Waals surface area contributed by atoms with Gasteiger partial charge in [-0.3, -0.25) is 4.79 Å². The molecule has 0 radical (unpaired) electrons. The van der Waals surface area contributed by atoms with Gasteiger partial charge in [-0.05, 0) is 88.8 Å². The van der Waals surface area contributed by atoms with Crippen LogP contribution in [0.2, 0.25) is 0 Å². The molecule has 25 heavy (non-hydrogen) atoms. The second kappa shape index (κ2) is 7.36. The average molecular weight is 357 g/mol. The van der Waals surface area contributed by atoms with Crippen molar-refractivity contribution >= 4 is 28.6 Å². The van der Waals surface area contributed by atoms with E-state index in [1.807, 2.05) is 0 Å². The molecule has 0 unspecified atom stereocenters. The van der Waals surface area contributed by atoms with Gasteiger partial charge in [0, 0.05) is 17.5 Å². The van der Waals surface area contributed by atoms with Crippen LogP contribution in [0.1, 0.15) is 49.8 Å². The number of thioether (sulfide) groups is 1. The molecule has 0 saturated carbocycles. The summed E-state index contributed by atoms with van der Waals surface area (Å²) in [5.41, 5.74) is 4.71. The van der Waals surface area contributed by atoms with Crippen LogP contribution in [0.15, 0.2) is 23.2 Å². The fourth-order valence-electron chi connectivity index (χ4n) is 3.79. The smallest absolute Gasteiger partial charge is 0.233 e. The van der Waals surface area contributed by atoms with Gasteiger partial charge in [-0.15, -0.1) is 0 Å². The second-order valence-electron chi connectivity index (χ2n) is 7.46. The number of hydrogen-bond acceptors (Lipinski definition) is 3. The maximum atomic E-state index is 12.7. The highest BCUT2D eigenvalue weighted by Crippen LogP contribution is 2.28. The van der Waals surface area contributed by atoms with Crippen molar-refractivity contribution < 1.29 is 4.79 Å². The van der Waals surface area contributed by atoms with Crippen LogP contribution in [-0.4, -0.2) is 33.6 Å². The van der Waals surface area contributed by atoms with E-state index >= 15 is 0 Å². The molecular formula is C21H28N2OS. The number of fused-ring (bicyclic) bond motifs is 1. The summed E-state index contributed by atoms with van der Waals surface area (Å²) in [7, 11) is 0. The van der Waals surface area contributed by atoms with E-state index in [0.717, 1.165) is 28.9 Å². The normalized spacial score (nSPS) is 20.9. The van der Waals surface area contributed by atoms with E-state index in [4.69, 9.17) is 4.98 Å². The van der Waals surface area contributed by atoms with Crippen molar-refractivity contribution in [2.45, 2.75) is 71.0 Å². The first kappa shape index (κ1) is 18.2. The number of aromatic nitrogens is 1. The molecule has 1 fully saturated rings. The summed E-state index contributed by atoms with van der Waals surface area (Å²) in [4.78, 5) is 19.7. The van der Waals surface area contributed by atoms with Gasteiger partial charge in [-0.2, -0.15) is 0 Å². The molecule has 1 aromatic heterocycles. The number of carbonyl (C=O) groups is 1. The number of amides is 1. The van der Waals surface area contributed by atoms with Crippen LogP contribution in [0.3, 0.4) is 0 Å². The Labute approximate surface area is 155 Å². The van der Waals surface area contributed by atoms with Crippen LogP contribution in [0.25, 0.3) is 10.9 Å². The molecule has 134 valence electrons. The topological polar surface area (TPSA) is 33.2 Å². The van der Waals surface area contributed by atoms with E-state index in [2.05, 4.69) is 57.7 Å². The fraction of sp³-hybridized carbons (Fsp3) is 0.524. The van der Waals surface area contributed by atoms with Gasteiger partial charge in [-0.1, -0.05) is 11.8 Å². The lowest BCUT2D eigenvalue weighted by molar-refractivity contribution is -0.134. The lowest BCUT2D eigenvalue weighted by Crippen LogP contribution is -2.48. The first-order valence-electron chi connectivity index (χ1n) is 9.19. The predicted octanol–water partition coefficient (Wildman–Crippen LogP) is 5.04. The third-order valence-electron chi connectivity index (χ3n) is 5.39. The molecule has 1 aliphatic rings. The Morgan fingerprint density at radius 2 is 1.68 bits per heavy atom. The summed E-state index contributed by atoms with van der Waals surface area (Å²) in [6.45, 7) is 10.7. The van der Waals surface area contributed by atoms with E-state index in [9.17, 15) is 4.79 Å². The largest absolute Gasteiger partial charge is 0.337 e. The number of aryl methyl sites for hydroxylation is 3. The van der Waals surface area contributed by atoms with Crippen molar-refractivity contribution in [2.75, 3.05) is 5.75 Å². The predicted molar refractivity (Wildman–Crippen MR) is 106 cm³/mol. The van der Waals surface area contributed by atoms with Crippen molar-refractivity contribution in [1.82, 2.24) is 9.88 Å². The number of likely N-dealkylation sites (tertiary alicyclic amines) is 1. The number of piperidine rings is 1. The third kappa shape index (κ3) is 3.84. The molecule has 1 aliphatic heterocycles.